The molecular weight excluding hydrogens is 297 g/mol. The Kier molecular flexibility index (Phi) is 4.66. The second-order valence-electron chi connectivity index (χ2n) is 5.75. The van der Waals surface area contributed by atoms with E-state index < -0.39 is 0 Å². The number of piperazine rings is 1. The molecule has 0 aliphatic carbocycles. The van der Waals surface area contributed by atoms with Crippen molar-refractivity contribution < 1.29 is 9.18 Å². The van der Waals surface area contributed by atoms with Crippen LogP contribution in [0.15, 0.2) is 36.7 Å². The fourth-order valence-electron chi connectivity index (χ4n) is 2.89. The van der Waals surface area contributed by atoms with Crippen molar-refractivity contribution >= 4 is 5.91 Å². The summed E-state index contributed by atoms with van der Waals surface area (Å²) in [4.78, 5) is 16.3. The zero-order valence-corrected chi connectivity index (χ0v) is 13.1. The van der Waals surface area contributed by atoms with E-state index in [1.54, 1.807) is 24.5 Å². The molecule has 1 aliphatic rings. The Balaban J connectivity index is 1.54. The van der Waals surface area contributed by atoms with E-state index in [0.717, 1.165) is 18.7 Å². The molecule has 1 atom stereocenters. The predicted octanol–water partition coefficient (Wildman–Crippen LogP) is 1.32. The number of benzene rings is 1. The lowest BCUT2D eigenvalue weighted by Crippen LogP contribution is -2.50. The quantitative estimate of drug-likeness (QED) is 0.853. The molecule has 3 rings (SSSR count). The third-order valence-electron chi connectivity index (χ3n) is 4.31. The zero-order valence-electron chi connectivity index (χ0n) is 13.1. The summed E-state index contributed by atoms with van der Waals surface area (Å²) >= 11 is 0. The SMILES string of the molecule is C[C@H](c1cccc(F)c1)N1CCN(C(=O)Cn2ccnn2)CC1. The minimum atomic E-state index is -0.212. The van der Waals surface area contributed by atoms with Gasteiger partial charge in [-0.25, -0.2) is 9.07 Å². The van der Waals surface area contributed by atoms with Crippen LogP contribution in [0.5, 0.6) is 0 Å². The first-order valence-corrected chi connectivity index (χ1v) is 7.75. The first-order chi connectivity index (χ1) is 11.1. The van der Waals surface area contributed by atoms with E-state index in [1.165, 1.54) is 10.7 Å². The van der Waals surface area contributed by atoms with E-state index in [0.29, 0.717) is 13.1 Å². The Morgan fingerprint density at radius 3 is 2.74 bits per heavy atom. The maximum Gasteiger partial charge on any atom is 0.244 e. The van der Waals surface area contributed by atoms with Gasteiger partial charge >= 0.3 is 0 Å². The van der Waals surface area contributed by atoms with Crippen molar-refractivity contribution in [3.05, 3.63) is 48.0 Å². The van der Waals surface area contributed by atoms with Crippen molar-refractivity contribution in [3.63, 3.8) is 0 Å². The molecule has 1 aromatic heterocycles. The summed E-state index contributed by atoms with van der Waals surface area (Å²) in [5.41, 5.74) is 0.965. The maximum atomic E-state index is 13.4. The molecule has 1 fully saturated rings. The van der Waals surface area contributed by atoms with Gasteiger partial charge in [-0.15, -0.1) is 5.10 Å². The van der Waals surface area contributed by atoms with E-state index in [4.69, 9.17) is 0 Å². The lowest BCUT2D eigenvalue weighted by Gasteiger charge is -2.38. The Morgan fingerprint density at radius 2 is 2.09 bits per heavy atom. The molecule has 0 spiro atoms. The summed E-state index contributed by atoms with van der Waals surface area (Å²) in [6.45, 7) is 5.20. The fraction of sp³-hybridized carbons (Fsp3) is 0.438. The Labute approximate surface area is 134 Å². The highest BCUT2D eigenvalue weighted by Gasteiger charge is 2.25. The van der Waals surface area contributed by atoms with Crippen molar-refractivity contribution in [1.82, 2.24) is 24.8 Å². The number of nitrogens with zero attached hydrogens (tertiary/aromatic N) is 5. The summed E-state index contributed by atoms with van der Waals surface area (Å²) in [5.74, 6) is -0.162. The van der Waals surface area contributed by atoms with Crippen molar-refractivity contribution in [3.8, 4) is 0 Å². The van der Waals surface area contributed by atoms with Crippen LogP contribution in [0, 0.1) is 5.82 Å². The predicted molar refractivity (Wildman–Crippen MR) is 83.0 cm³/mol. The lowest BCUT2D eigenvalue weighted by atomic mass is 10.1. The highest BCUT2D eigenvalue weighted by Crippen LogP contribution is 2.22. The molecule has 2 aromatic rings. The van der Waals surface area contributed by atoms with Gasteiger partial charge in [-0.3, -0.25) is 9.69 Å². The van der Waals surface area contributed by atoms with E-state index in [1.807, 2.05) is 11.0 Å². The minimum Gasteiger partial charge on any atom is -0.339 e. The molecule has 7 heteroatoms. The summed E-state index contributed by atoms with van der Waals surface area (Å²) in [5, 5.41) is 7.52. The van der Waals surface area contributed by atoms with Crippen molar-refractivity contribution in [2.45, 2.75) is 19.5 Å². The van der Waals surface area contributed by atoms with Gasteiger partial charge in [0.15, 0.2) is 0 Å². The monoisotopic (exact) mass is 317 g/mol. The number of halogens is 1. The number of carbonyl (C=O) groups excluding carboxylic acids is 1. The molecule has 0 radical (unpaired) electrons. The minimum absolute atomic E-state index is 0.0496. The summed E-state index contributed by atoms with van der Waals surface area (Å²) < 4.78 is 14.9. The van der Waals surface area contributed by atoms with Gasteiger partial charge < -0.3 is 4.90 Å². The van der Waals surface area contributed by atoms with Gasteiger partial charge in [-0.1, -0.05) is 17.3 Å². The standard InChI is InChI=1S/C16H20FN5O/c1-13(14-3-2-4-15(17)11-14)20-7-9-21(10-8-20)16(23)12-22-6-5-18-19-22/h2-6,11,13H,7-10,12H2,1H3/t13-/m1/s1. The van der Waals surface area contributed by atoms with Gasteiger partial charge in [0.05, 0.1) is 6.20 Å². The second-order valence-corrected chi connectivity index (χ2v) is 5.75. The molecular formula is C16H20FN5O. The Bertz CT molecular complexity index is 652. The van der Waals surface area contributed by atoms with Gasteiger partial charge in [-0.05, 0) is 24.6 Å². The second kappa shape index (κ2) is 6.87. The van der Waals surface area contributed by atoms with Gasteiger partial charge in [0, 0.05) is 38.4 Å². The molecule has 0 bridgehead atoms. The van der Waals surface area contributed by atoms with Crippen LogP contribution >= 0.6 is 0 Å². The van der Waals surface area contributed by atoms with Crippen LogP contribution in [-0.4, -0.2) is 56.9 Å². The van der Waals surface area contributed by atoms with E-state index in [-0.39, 0.29) is 24.3 Å². The first kappa shape index (κ1) is 15.6. The molecule has 2 heterocycles. The molecule has 0 N–H and O–H groups in total. The van der Waals surface area contributed by atoms with Gasteiger partial charge in [0.25, 0.3) is 0 Å². The number of aromatic nitrogens is 3. The third kappa shape index (κ3) is 3.73. The van der Waals surface area contributed by atoms with Crippen LogP contribution in [0.2, 0.25) is 0 Å². The largest absolute Gasteiger partial charge is 0.339 e. The van der Waals surface area contributed by atoms with E-state index in [9.17, 15) is 9.18 Å². The molecule has 1 saturated heterocycles. The molecule has 0 saturated carbocycles. The van der Waals surface area contributed by atoms with Crippen LogP contribution in [0.4, 0.5) is 4.39 Å². The first-order valence-electron chi connectivity index (χ1n) is 7.75. The van der Waals surface area contributed by atoms with Gasteiger partial charge in [0.1, 0.15) is 12.4 Å². The van der Waals surface area contributed by atoms with Crippen LogP contribution in [0.3, 0.4) is 0 Å². The number of hydrogen-bond acceptors (Lipinski definition) is 4. The lowest BCUT2D eigenvalue weighted by molar-refractivity contribution is -0.134. The average Bonchev–Trinajstić information content (AvgIpc) is 3.07. The molecule has 23 heavy (non-hydrogen) atoms. The number of carbonyl (C=O) groups is 1. The fourth-order valence-corrected chi connectivity index (χ4v) is 2.89. The van der Waals surface area contributed by atoms with Crippen molar-refractivity contribution in [2.24, 2.45) is 0 Å². The van der Waals surface area contributed by atoms with Crippen LogP contribution in [0.25, 0.3) is 0 Å². The maximum absolute atomic E-state index is 13.4. The summed E-state index contributed by atoms with van der Waals surface area (Å²) in [6.07, 6.45) is 3.24. The van der Waals surface area contributed by atoms with Crippen molar-refractivity contribution in [1.29, 1.82) is 0 Å². The molecule has 6 nitrogen and oxygen atoms in total. The topological polar surface area (TPSA) is 54.3 Å². The number of amides is 1. The Hall–Kier alpha value is -2.28. The van der Waals surface area contributed by atoms with E-state index in [2.05, 4.69) is 22.1 Å². The van der Waals surface area contributed by atoms with Crippen molar-refractivity contribution in [2.75, 3.05) is 26.2 Å². The van der Waals surface area contributed by atoms with Gasteiger partial charge in [0.2, 0.25) is 5.91 Å². The van der Waals surface area contributed by atoms with E-state index >= 15 is 0 Å². The Morgan fingerprint density at radius 1 is 1.30 bits per heavy atom. The normalized spacial score (nSPS) is 17.2. The molecule has 1 aliphatic heterocycles. The van der Waals surface area contributed by atoms with Crippen LogP contribution < -0.4 is 0 Å². The smallest absolute Gasteiger partial charge is 0.244 e. The number of hydrogen-bond donors (Lipinski definition) is 0. The van der Waals surface area contributed by atoms with Crippen LogP contribution in [-0.2, 0) is 11.3 Å². The summed E-state index contributed by atoms with van der Waals surface area (Å²) in [7, 11) is 0. The molecule has 1 aromatic carbocycles. The highest BCUT2D eigenvalue weighted by molar-refractivity contribution is 5.76. The molecule has 0 unspecified atom stereocenters. The van der Waals surface area contributed by atoms with Crippen LogP contribution in [0.1, 0.15) is 18.5 Å². The number of rotatable bonds is 4. The highest BCUT2D eigenvalue weighted by atomic mass is 19.1. The molecule has 122 valence electrons. The average molecular weight is 317 g/mol. The third-order valence-corrected chi connectivity index (χ3v) is 4.31. The summed E-state index contributed by atoms with van der Waals surface area (Å²) in [6, 6.07) is 6.84. The van der Waals surface area contributed by atoms with Gasteiger partial charge in [-0.2, -0.15) is 0 Å². The molecule has 1 amide bonds. The zero-order chi connectivity index (χ0) is 16.2.